The Morgan fingerprint density at radius 3 is 2.62 bits per heavy atom. The maximum Gasteiger partial charge on any atom is 0.214 e. The second-order valence-corrected chi connectivity index (χ2v) is 8.93. The maximum atomic E-state index is 12.6. The fourth-order valence-electron chi connectivity index (χ4n) is 4.00. The monoisotopic (exact) mass is 315 g/mol. The molecule has 0 saturated carbocycles. The number of hydrogen-bond donors (Lipinski definition) is 1. The first kappa shape index (κ1) is 15.7. The first-order valence-corrected chi connectivity index (χ1v) is 10.2. The van der Waals surface area contributed by atoms with Gasteiger partial charge in [-0.15, -0.1) is 0 Å². The second-order valence-electron chi connectivity index (χ2n) is 6.84. The third kappa shape index (κ3) is 3.97. The predicted molar refractivity (Wildman–Crippen MR) is 84.8 cm³/mol. The van der Waals surface area contributed by atoms with Gasteiger partial charge in [0.25, 0.3) is 0 Å². The molecule has 122 valence electrons. The van der Waals surface area contributed by atoms with Gasteiger partial charge in [0.1, 0.15) is 0 Å². The van der Waals surface area contributed by atoms with E-state index in [2.05, 4.69) is 10.2 Å². The Morgan fingerprint density at radius 1 is 1.00 bits per heavy atom. The van der Waals surface area contributed by atoms with Crippen molar-refractivity contribution < 1.29 is 8.42 Å². The molecule has 6 heteroatoms. The van der Waals surface area contributed by atoms with Gasteiger partial charge in [0, 0.05) is 25.7 Å². The van der Waals surface area contributed by atoms with Gasteiger partial charge < -0.3 is 5.32 Å². The molecule has 3 saturated heterocycles. The Bertz CT molecular complexity index is 434. The third-order valence-corrected chi connectivity index (χ3v) is 7.31. The van der Waals surface area contributed by atoms with Gasteiger partial charge in [0.05, 0.1) is 5.75 Å². The highest BCUT2D eigenvalue weighted by Crippen LogP contribution is 2.24. The van der Waals surface area contributed by atoms with Gasteiger partial charge in [-0.3, -0.25) is 4.90 Å². The predicted octanol–water partition coefficient (Wildman–Crippen LogP) is 0.876. The minimum absolute atomic E-state index is 0.352. The van der Waals surface area contributed by atoms with E-state index in [-0.39, 0.29) is 0 Å². The van der Waals surface area contributed by atoms with E-state index < -0.39 is 10.0 Å². The van der Waals surface area contributed by atoms with E-state index in [9.17, 15) is 8.42 Å². The topological polar surface area (TPSA) is 52.7 Å². The highest BCUT2D eigenvalue weighted by molar-refractivity contribution is 7.89. The van der Waals surface area contributed by atoms with Gasteiger partial charge in [0.15, 0.2) is 0 Å². The fraction of sp³-hybridized carbons (Fsp3) is 1.00. The van der Waals surface area contributed by atoms with Crippen LogP contribution in [-0.4, -0.2) is 68.7 Å². The number of piperazine rings is 1. The molecular weight excluding hydrogens is 286 g/mol. The Balaban J connectivity index is 1.52. The molecule has 3 heterocycles. The van der Waals surface area contributed by atoms with Crippen molar-refractivity contribution in [2.75, 3.05) is 45.0 Å². The van der Waals surface area contributed by atoms with E-state index in [1.807, 2.05) is 0 Å². The summed E-state index contributed by atoms with van der Waals surface area (Å²) < 4.78 is 27.0. The van der Waals surface area contributed by atoms with Crippen molar-refractivity contribution in [1.82, 2.24) is 14.5 Å². The molecule has 3 rings (SSSR count). The van der Waals surface area contributed by atoms with Gasteiger partial charge in [0.2, 0.25) is 10.0 Å². The van der Waals surface area contributed by atoms with E-state index >= 15 is 0 Å². The lowest BCUT2D eigenvalue weighted by atomic mass is 9.96. The smallest absolute Gasteiger partial charge is 0.214 e. The molecule has 0 spiro atoms. The molecule has 3 aliphatic rings. The van der Waals surface area contributed by atoms with Gasteiger partial charge in [-0.25, -0.2) is 8.42 Å². The molecule has 0 radical (unpaired) electrons. The quantitative estimate of drug-likeness (QED) is 0.837. The number of sulfonamides is 1. The second kappa shape index (κ2) is 6.94. The van der Waals surface area contributed by atoms with Crippen LogP contribution in [-0.2, 0) is 10.0 Å². The summed E-state index contributed by atoms with van der Waals surface area (Å²) in [5.41, 5.74) is 0. The normalized spacial score (nSPS) is 30.2. The lowest BCUT2D eigenvalue weighted by Crippen LogP contribution is -2.56. The lowest BCUT2D eigenvalue weighted by Gasteiger charge is -2.43. The van der Waals surface area contributed by atoms with Crippen LogP contribution < -0.4 is 5.32 Å². The number of hydrogen-bond acceptors (Lipinski definition) is 4. The molecule has 1 N–H and O–H groups in total. The number of rotatable bonds is 4. The summed E-state index contributed by atoms with van der Waals surface area (Å²) in [5, 5.41) is 3.34. The Hall–Kier alpha value is -0.170. The van der Waals surface area contributed by atoms with Crippen LogP contribution in [0.1, 0.15) is 38.5 Å². The zero-order valence-electron chi connectivity index (χ0n) is 13.0. The summed E-state index contributed by atoms with van der Waals surface area (Å²) in [4.78, 5) is 2.49. The summed E-state index contributed by atoms with van der Waals surface area (Å²) >= 11 is 0. The Morgan fingerprint density at radius 2 is 1.81 bits per heavy atom. The van der Waals surface area contributed by atoms with E-state index in [4.69, 9.17) is 0 Å². The summed E-state index contributed by atoms with van der Waals surface area (Å²) in [6.07, 6.45) is 6.80. The van der Waals surface area contributed by atoms with E-state index in [1.165, 1.54) is 19.3 Å². The Kier molecular flexibility index (Phi) is 5.19. The van der Waals surface area contributed by atoms with Crippen molar-refractivity contribution in [2.24, 2.45) is 5.92 Å². The molecule has 0 bridgehead atoms. The Labute approximate surface area is 129 Å². The number of fused-ring (bicyclic) bond motifs is 1. The third-order valence-electron chi connectivity index (χ3n) is 5.44. The van der Waals surface area contributed by atoms with Crippen molar-refractivity contribution in [1.29, 1.82) is 0 Å². The van der Waals surface area contributed by atoms with Crippen LogP contribution in [0.5, 0.6) is 0 Å². The molecule has 0 aromatic rings. The van der Waals surface area contributed by atoms with E-state index in [1.54, 1.807) is 4.31 Å². The van der Waals surface area contributed by atoms with Crippen LogP contribution in [0, 0.1) is 5.92 Å². The number of piperidine rings is 2. The van der Waals surface area contributed by atoms with Crippen molar-refractivity contribution in [3.8, 4) is 0 Å². The molecule has 0 aromatic heterocycles. The number of nitrogens with one attached hydrogen (secondary N) is 1. The van der Waals surface area contributed by atoms with Crippen molar-refractivity contribution in [3.05, 3.63) is 0 Å². The van der Waals surface area contributed by atoms with Crippen LogP contribution in [0.2, 0.25) is 0 Å². The first-order valence-electron chi connectivity index (χ1n) is 8.58. The molecular formula is C15H29N3O2S. The van der Waals surface area contributed by atoms with Gasteiger partial charge in [-0.1, -0.05) is 6.42 Å². The standard InChI is InChI=1S/C15H29N3O2S/c19-21(20,12-6-14-4-7-16-8-5-14)18-11-10-17-9-2-1-3-15(17)13-18/h14-16H,1-13H2. The average molecular weight is 315 g/mol. The van der Waals surface area contributed by atoms with E-state index in [0.29, 0.717) is 24.3 Å². The minimum atomic E-state index is -3.05. The lowest BCUT2D eigenvalue weighted by molar-refractivity contribution is 0.0851. The molecule has 0 aliphatic carbocycles. The average Bonchev–Trinajstić information content (AvgIpc) is 2.53. The van der Waals surface area contributed by atoms with Crippen molar-refractivity contribution in [3.63, 3.8) is 0 Å². The molecule has 21 heavy (non-hydrogen) atoms. The summed E-state index contributed by atoms with van der Waals surface area (Å²) in [7, 11) is -3.05. The number of nitrogens with zero attached hydrogens (tertiary/aromatic N) is 2. The van der Waals surface area contributed by atoms with E-state index in [0.717, 1.165) is 52.0 Å². The van der Waals surface area contributed by atoms with Crippen LogP contribution in [0.3, 0.4) is 0 Å². The van der Waals surface area contributed by atoms with Gasteiger partial charge in [-0.05, 0) is 57.7 Å². The maximum absolute atomic E-state index is 12.6. The van der Waals surface area contributed by atoms with Crippen molar-refractivity contribution >= 4 is 10.0 Å². The molecule has 0 amide bonds. The van der Waals surface area contributed by atoms with Crippen LogP contribution >= 0.6 is 0 Å². The summed E-state index contributed by atoms with van der Waals surface area (Å²) in [6, 6.07) is 0.473. The van der Waals surface area contributed by atoms with Crippen LogP contribution in [0.4, 0.5) is 0 Å². The summed E-state index contributed by atoms with van der Waals surface area (Å²) in [6.45, 7) is 5.61. The van der Waals surface area contributed by atoms with Crippen LogP contribution in [0.15, 0.2) is 0 Å². The molecule has 3 fully saturated rings. The largest absolute Gasteiger partial charge is 0.317 e. The van der Waals surface area contributed by atoms with Gasteiger partial charge in [-0.2, -0.15) is 4.31 Å². The summed E-state index contributed by atoms with van der Waals surface area (Å²) in [5.74, 6) is 0.946. The van der Waals surface area contributed by atoms with Gasteiger partial charge >= 0.3 is 0 Å². The highest BCUT2D eigenvalue weighted by atomic mass is 32.2. The van der Waals surface area contributed by atoms with Crippen molar-refractivity contribution in [2.45, 2.75) is 44.6 Å². The minimum Gasteiger partial charge on any atom is -0.317 e. The molecule has 5 nitrogen and oxygen atoms in total. The molecule has 1 atom stereocenters. The molecule has 3 aliphatic heterocycles. The zero-order chi connectivity index (χ0) is 14.7. The SMILES string of the molecule is O=S(=O)(CCC1CCNCC1)N1CCN2CCCCC2C1. The first-order chi connectivity index (χ1) is 10.1. The van der Waals surface area contributed by atoms with Crippen LogP contribution in [0.25, 0.3) is 0 Å². The fourth-order valence-corrected chi connectivity index (χ4v) is 5.64. The molecule has 1 unspecified atom stereocenters. The molecule has 0 aromatic carbocycles. The zero-order valence-corrected chi connectivity index (χ0v) is 13.8. The highest BCUT2D eigenvalue weighted by Gasteiger charge is 2.34.